The van der Waals surface area contributed by atoms with Crippen LogP contribution in [0.3, 0.4) is 0 Å². The maximum atomic E-state index is 13.2. The summed E-state index contributed by atoms with van der Waals surface area (Å²) in [7, 11) is 0. The summed E-state index contributed by atoms with van der Waals surface area (Å²) in [6.07, 6.45) is 0. The van der Waals surface area contributed by atoms with Crippen LogP contribution in [0.1, 0.15) is 13.8 Å². The van der Waals surface area contributed by atoms with E-state index in [4.69, 9.17) is 0 Å². The Balaban J connectivity index is 2.96. The van der Waals surface area contributed by atoms with Crippen LogP contribution in [0.5, 0.6) is 0 Å². The van der Waals surface area contributed by atoms with E-state index < -0.39 is 16.4 Å². The van der Waals surface area contributed by atoms with Gasteiger partial charge in [-0.05, 0) is 18.1 Å². The van der Waals surface area contributed by atoms with E-state index in [-0.39, 0.29) is 0 Å². The number of halogens is 1. The Labute approximate surface area is 91.8 Å². The van der Waals surface area contributed by atoms with Crippen molar-refractivity contribution >= 4 is 17.4 Å². The summed E-state index contributed by atoms with van der Waals surface area (Å²) in [5, 5.41) is 10.6. The van der Waals surface area contributed by atoms with Gasteiger partial charge in [0.25, 0.3) is 0 Å². The number of rotatable bonds is 4. The number of hydrogen-bond donors (Lipinski definition) is 0. The van der Waals surface area contributed by atoms with E-state index in [0.717, 1.165) is 11.8 Å². The number of benzene rings is 1. The van der Waals surface area contributed by atoms with Gasteiger partial charge in [-0.15, -0.1) is 11.8 Å². The summed E-state index contributed by atoms with van der Waals surface area (Å²) in [4.78, 5) is 10.4. The molecule has 0 aliphatic rings. The Kier molecular flexibility index (Phi) is 4.08. The molecule has 0 aromatic heterocycles. The number of thioether (sulfide) groups is 1. The summed E-state index contributed by atoms with van der Waals surface area (Å²) in [6, 6.07) is 4.18. The number of para-hydroxylation sites is 1. The minimum Gasteiger partial charge on any atom is -0.258 e. The highest BCUT2D eigenvalue weighted by Gasteiger charge is 2.19. The minimum atomic E-state index is -0.770. The highest BCUT2D eigenvalue weighted by molar-refractivity contribution is 7.99. The quantitative estimate of drug-likeness (QED) is 0.451. The molecule has 1 rings (SSSR count). The van der Waals surface area contributed by atoms with Crippen LogP contribution in [0.2, 0.25) is 0 Å². The van der Waals surface area contributed by atoms with E-state index in [0.29, 0.717) is 10.8 Å². The van der Waals surface area contributed by atoms with Crippen molar-refractivity contribution in [1.29, 1.82) is 0 Å². The van der Waals surface area contributed by atoms with Crippen LogP contribution in [-0.2, 0) is 0 Å². The minimum absolute atomic E-state index is 0.397. The third kappa shape index (κ3) is 3.20. The molecule has 0 N–H and O–H groups in total. The highest BCUT2D eigenvalue weighted by Crippen LogP contribution is 2.32. The molecule has 0 unspecified atom stereocenters. The first-order chi connectivity index (χ1) is 7.02. The molecule has 0 amide bonds. The lowest BCUT2D eigenvalue weighted by Gasteiger charge is -2.05. The van der Waals surface area contributed by atoms with E-state index in [2.05, 4.69) is 0 Å². The largest absolute Gasteiger partial charge is 0.318 e. The first-order valence-corrected chi connectivity index (χ1v) is 5.56. The van der Waals surface area contributed by atoms with Crippen LogP contribution >= 0.6 is 11.8 Å². The van der Waals surface area contributed by atoms with Gasteiger partial charge in [0.2, 0.25) is 5.82 Å². The van der Waals surface area contributed by atoms with Crippen LogP contribution in [0, 0.1) is 21.8 Å². The van der Waals surface area contributed by atoms with Gasteiger partial charge < -0.3 is 0 Å². The molecule has 82 valence electrons. The number of nitro benzene ring substituents is 1. The van der Waals surface area contributed by atoms with Crippen LogP contribution in [-0.4, -0.2) is 10.7 Å². The predicted octanol–water partition coefficient (Wildman–Crippen LogP) is 3.48. The lowest BCUT2D eigenvalue weighted by molar-refractivity contribution is -0.390. The number of nitro groups is 1. The second-order valence-electron chi connectivity index (χ2n) is 3.55. The van der Waals surface area contributed by atoms with Crippen molar-refractivity contribution in [2.24, 2.45) is 5.92 Å². The first-order valence-electron chi connectivity index (χ1n) is 4.58. The van der Waals surface area contributed by atoms with Gasteiger partial charge >= 0.3 is 5.69 Å². The molecule has 0 saturated carbocycles. The zero-order valence-corrected chi connectivity index (χ0v) is 9.38. The fourth-order valence-electron chi connectivity index (χ4n) is 1.05. The Morgan fingerprint density at radius 2 is 2.20 bits per heavy atom. The molecule has 0 heterocycles. The van der Waals surface area contributed by atoms with Crippen molar-refractivity contribution in [1.82, 2.24) is 0 Å². The van der Waals surface area contributed by atoms with Gasteiger partial charge in [-0.2, -0.15) is 4.39 Å². The van der Waals surface area contributed by atoms with Gasteiger partial charge in [0.05, 0.1) is 9.82 Å². The van der Waals surface area contributed by atoms with Crippen LogP contribution in [0.4, 0.5) is 10.1 Å². The van der Waals surface area contributed by atoms with Gasteiger partial charge in [0.15, 0.2) is 0 Å². The summed E-state index contributed by atoms with van der Waals surface area (Å²) in [5.74, 6) is 0.385. The summed E-state index contributed by atoms with van der Waals surface area (Å²) >= 11 is 1.32. The van der Waals surface area contributed by atoms with Crippen molar-refractivity contribution in [3.8, 4) is 0 Å². The molecule has 5 heteroatoms. The average Bonchev–Trinajstić information content (AvgIpc) is 2.13. The van der Waals surface area contributed by atoms with Crippen LogP contribution in [0.25, 0.3) is 0 Å². The Morgan fingerprint density at radius 1 is 1.53 bits per heavy atom. The molecule has 3 nitrogen and oxygen atoms in total. The molecule has 0 saturated heterocycles. The third-order valence-corrected chi connectivity index (χ3v) is 3.18. The molecule has 1 aromatic carbocycles. The van der Waals surface area contributed by atoms with Crippen molar-refractivity contribution in [2.75, 3.05) is 5.75 Å². The normalized spacial score (nSPS) is 10.7. The lowest BCUT2D eigenvalue weighted by Crippen LogP contribution is -1.97. The fraction of sp³-hybridized carbons (Fsp3) is 0.400. The van der Waals surface area contributed by atoms with Crippen LogP contribution < -0.4 is 0 Å². The molecular weight excluding hydrogens is 217 g/mol. The molecule has 15 heavy (non-hydrogen) atoms. The van der Waals surface area contributed by atoms with Crippen LogP contribution in [0.15, 0.2) is 23.1 Å². The summed E-state index contributed by atoms with van der Waals surface area (Å²) in [6.45, 7) is 4.02. The van der Waals surface area contributed by atoms with Gasteiger partial charge in [-0.1, -0.05) is 19.9 Å². The van der Waals surface area contributed by atoms with Crippen molar-refractivity contribution < 1.29 is 9.31 Å². The number of nitrogens with zero attached hydrogens (tertiary/aromatic N) is 1. The van der Waals surface area contributed by atoms with E-state index in [1.807, 2.05) is 13.8 Å². The molecular formula is C10H12FNO2S. The monoisotopic (exact) mass is 229 g/mol. The Morgan fingerprint density at radius 3 is 2.73 bits per heavy atom. The molecule has 0 spiro atoms. The standard InChI is InChI=1S/C10H12FNO2S/c1-7(2)6-15-9-5-3-4-8(11)10(9)12(13)14/h3-5,7H,6H2,1-2H3. The van der Waals surface area contributed by atoms with Crippen molar-refractivity contribution in [2.45, 2.75) is 18.7 Å². The molecule has 1 aromatic rings. The Bertz CT molecular complexity index is 368. The Hall–Kier alpha value is -1.10. The second-order valence-corrected chi connectivity index (χ2v) is 4.61. The second kappa shape index (κ2) is 5.11. The zero-order valence-electron chi connectivity index (χ0n) is 8.57. The van der Waals surface area contributed by atoms with E-state index in [1.54, 1.807) is 6.07 Å². The molecule has 0 fully saturated rings. The van der Waals surface area contributed by atoms with Crippen molar-refractivity contribution in [3.05, 3.63) is 34.1 Å². The van der Waals surface area contributed by atoms with E-state index in [9.17, 15) is 14.5 Å². The third-order valence-electron chi connectivity index (χ3n) is 1.70. The number of hydrogen-bond acceptors (Lipinski definition) is 3. The van der Waals surface area contributed by atoms with Gasteiger partial charge in [-0.3, -0.25) is 10.1 Å². The smallest absolute Gasteiger partial charge is 0.258 e. The molecule has 0 radical (unpaired) electrons. The summed E-state index contributed by atoms with van der Waals surface area (Å²) in [5.41, 5.74) is -0.414. The molecule has 0 aliphatic heterocycles. The molecule has 0 bridgehead atoms. The first kappa shape index (κ1) is 12.0. The predicted molar refractivity (Wildman–Crippen MR) is 58.6 cm³/mol. The molecule has 0 aliphatic carbocycles. The maximum Gasteiger partial charge on any atom is 0.318 e. The fourth-order valence-corrected chi connectivity index (χ4v) is 2.04. The van der Waals surface area contributed by atoms with E-state index in [1.165, 1.54) is 17.8 Å². The average molecular weight is 229 g/mol. The maximum absolute atomic E-state index is 13.2. The summed E-state index contributed by atoms with van der Waals surface area (Å²) < 4.78 is 13.2. The lowest BCUT2D eigenvalue weighted by atomic mass is 10.3. The highest BCUT2D eigenvalue weighted by atomic mass is 32.2. The molecule has 0 atom stereocenters. The zero-order chi connectivity index (χ0) is 11.4. The van der Waals surface area contributed by atoms with Gasteiger partial charge in [-0.25, -0.2) is 0 Å². The van der Waals surface area contributed by atoms with Gasteiger partial charge in [0, 0.05) is 5.75 Å². The van der Waals surface area contributed by atoms with Gasteiger partial charge in [0.1, 0.15) is 0 Å². The topological polar surface area (TPSA) is 43.1 Å². The van der Waals surface area contributed by atoms with Crippen molar-refractivity contribution in [3.63, 3.8) is 0 Å². The SMILES string of the molecule is CC(C)CSc1cccc(F)c1[N+](=O)[O-]. The van der Waals surface area contributed by atoms with E-state index >= 15 is 0 Å².